The predicted octanol–water partition coefficient (Wildman–Crippen LogP) is 4.69. The van der Waals surface area contributed by atoms with Crippen molar-refractivity contribution in [1.29, 1.82) is 0 Å². The summed E-state index contributed by atoms with van der Waals surface area (Å²) < 4.78 is 5.52. The van der Waals surface area contributed by atoms with Crippen molar-refractivity contribution in [2.24, 2.45) is 0 Å². The fourth-order valence-corrected chi connectivity index (χ4v) is 2.84. The minimum Gasteiger partial charge on any atom is -0.458 e. The lowest BCUT2D eigenvalue weighted by Crippen LogP contribution is -2.14. The van der Waals surface area contributed by atoms with Crippen LogP contribution in [0.5, 0.6) is 0 Å². The van der Waals surface area contributed by atoms with E-state index < -0.39 is 0 Å². The van der Waals surface area contributed by atoms with Crippen molar-refractivity contribution >= 4 is 11.5 Å². The lowest BCUT2D eigenvalue weighted by atomic mass is 9.99. The number of allylic oxidation sites excluding steroid dienone is 4. The third-order valence-corrected chi connectivity index (χ3v) is 4.06. The Kier molecular flexibility index (Phi) is 4.05. The van der Waals surface area contributed by atoms with Crippen LogP contribution in [-0.2, 0) is 4.74 Å². The molecule has 1 fully saturated rings. The van der Waals surface area contributed by atoms with Crippen LogP contribution in [0.2, 0.25) is 0 Å². The van der Waals surface area contributed by atoms with Gasteiger partial charge in [0.25, 0.3) is 0 Å². The summed E-state index contributed by atoms with van der Waals surface area (Å²) in [6, 6.07) is 7.69. The summed E-state index contributed by atoms with van der Waals surface area (Å²) in [4.78, 5) is 12.1. The summed E-state index contributed by atoms with van der Waals surface area (Å²) >= 11 is 0. The monoisotopic (exact) mass is 280 g/mol. The van der Waals surface area contributed by atoms with E-state index in [1.54, 1.807) is 0 Å². The number of carbonyl (C=O) groups excluding carboxylic acids is 1. The first-order chi connectivity index (χ1) is 10.2. The van der Waals surface area contributed by atoms with Gasteiger partial charge in [0.15, 0.2) is 0 Å². The summed E-state index contributed by atoms with van der Waals surface area (Å²) in [5.41, 5.74) is 4.18. The van der Waals surface area contributed by atoms with Crippen molar-refractivity contribution < 1.29 is 9.53 Å². The fourth-order valence-electron chi connectivity index (χ4n) is 2.84. The zero-order valence-electron chi connectivity index (χ0n) is 12.2. The minimum atomic E-state index is -0.227. The van der Waals surface area contributed by atoms with Crippen LogP contribution in [0.25, 0.3) is 5.57 Å². The van der Waals surface area contributed by atoms with Gasteiger partial charge in [-0.15, -0.1) is 0 Å². The second-order valence-electron chi connectivity index (χ2n) is 5.74. The molecule has 0 radical (unpaired) electrons. The first-order valence-corrected chi connectivity index (χ1v) is 7.57. The molecule has 108 valence electrons. The Hall–Kier alpha value is -2.09. The minimum absolute atomic E-state index is 0.00802. The van der Waals surface area contributed by atoms with Gasteiger partial charge in [0, 0.05) is 6.42 Å². The van der Waals surface area contributed by atoms with E-state index in [1.165, 1.54) is 11.1 Å². The molecule has 1 aromatic rings. The topological polar surface area (TPSA) is 26.3 Å². The highest BCUT2D eigenvalue weighted by Crippen LogP contribution is 2.27. The Morgan fingerprint density at radius 2 is 2.00 bits per heavy atom. The van der Waals surface area contributed by atoms with Crippen LogP contribution in [0.15, 0.2) is 54.6 Å². The molecule has 0 aromatic heterocycles. The molecule has 2 aliphatic rings. The van der Waals surface area contributed by atoms with E-state index in [1.807, 2.05) is 24.3 Å². The third-order valence-electron chi connectivity index (χ3n) is 4.06. The molecule has 2 aliphatic carbocycles. The van der Waals surface area contributed by atoms with Gasteiger partial charge in [-0.25, -0.2) is 4.79 Å². The van der Waals surface area contributed by atoms with Gasteiger partial charge in [-0.3, -0.25) is 0 Å². The van der Waals surface area contributed by atoms with Gasteiger partial charge in [-0.1, -0.05) is 42.5 Å². The Bertz CT molecular complexity index is 605. The van der Waals surface area contributed by atoms with Crippen LogP contribution < -0.4 is 0 Å². The highest BCUT2D eigenvalue weighted by atomic mass is 16.5. The summed E-state index contributed by atoms with van der Waals surface area (Å²) in [5.74, 6) is -0.227. The van der Waals surface area contributed by atoms with E-state index >= 15 is 0 Å². The number of hydrogen-bond donors (Lipinski definition) is 0. The Morgan fingerprint density at radius 3 is 2.62 bits per heavy atom. The maximum Gasteiger partial charge on any atom is 0.338 e. The number of hydrogen-bond acceptors (Lipinski definition) is 2. The second-order valence-corrected chi connectivity index (χ2v) is 5.74. The fraction of sp³-hybridized carbons (Fsp3) is 0.316. The van der Waals surface area contributed by atoms with Gasteiger partial charge < -0.3 is 4.74 Å². The van der Waals surface area contributed by atoms with Crippen LogP contribution in [-0.4, -0.2) is 12.1 Å². The maximum absolute atomic E-state index is 12.1. The van der Waals surface area contributed by atoms with E-state index in [0.29, 0.717) is 5.56 Å². The zero-order valence-corrected chi connectivity index (χ0v) is 12.2. The van der Waals surface area contributed by atoms with E-state index in [2.05, 4.69) is 24.8 Å². The first kappa shape index (κ1) is 13.9. The van der Waals surface area contributed by atoms with Crippen molar-refractivity contribution in [2.75, 3.05) is 0 Å². The average Bonchev–Trinajstić information content (AvgIpc) is 2.93. The summed E-state index contributed by atoms with van der Waals surface area (Å²) in [5, 5.41) is 0. The molecule has 0 saturated heterocycles. The van der Waals surface area contributed by atoms with Crippen LogP contribution in [0.3, 0.4) is 0 Å². The van der Waals surface area contributed by atoms with Gasteiger partial charge in [0.1, 0.15) is 6.10 Å². The molecule has 3 rings (SSSR count). The highest BCUT2D eigenvalue weighted by Gasteiger charge is 2.22. The molecule has 0 spiro atoms. The van der Waals surface area contributed by atoms with E-state index in [9.17, 15) is 4.79 Å². The van der Waals surface area contributed by atoms with E-state index in [4.69, 9.17) is 4.74 Å². The molecule has 0 aliphatic heterocycles. The summed E-state index contributed by atoms with van der Waals surface area (Å²) in [7, 11) is 0. The molecule has 0 bridgehead atoms. The van der Waals surface area contributed by atoms with E-state index in [0.717, 1.165) is 37.7 Å². The number of benzene rings is 1. The summed E-state index contributed by atoms with van der Waals surface area (Å²) in [6.07, 6.45) is 11.4. The van der Waals surface area contributed by atoms with Gasteiger partial charge >= 0.3 is 5.97 Å². The molecule has 2 heteroatoms. The number of carbonyl (C=O) groups is 1. The second kappa shape index (κ2) is 6.13. The van der Waals surface area contributed by atoms with Crippen LogP contribution >= 0.6 is 0 Å². The standard InChI is InChI=1S/C19H20O2/c1-14-7-12-18(13-14)21-19(20)17-10-8-16(9-11-17)15-5-3-2-4-6-15/h3,5-6,8-11,18H,1-2,4,7,12-13H2/t18-/m0/s1. The van der Waals surface area contributed by atoms with Gasteiger partial charge in [0.2, 0.25) is 0 Å². The van der Waals surface area contributed by atoms with Gasteiger partial charge in [0.05, 0.1) is 5.56 Å². The quantitative estimate of drug-likeness (QED) is 0.593. The van der Waals surface area contributed by atoms with Gasteiger partial charge in [-0.05, 0) is 49.0 Å². The first-order valence-electron chi connectivity index (χ1n) is 7.57. The molecule has 0 unspecified atom stereocenters. The predicted molar refractivity (Wildman–Crippen MR) is 85.0 cm³/mol. The van der Waals surface area contributed by atoms with Crippen LogP contribution in [0, 0.1) is 0 Å². The normalized spacial score (nSPS) is 21.2. The molecule has 0 N–H and O–H groups in total. The lowest BCUT2D eigenvalue weighted by Gasteiger charge is -2.12. The Morgan fingerprint density at radius 1 is 1.19 bits per heavy atom. The molecular formula is C19H20O2. The smallest absolute Gasteiger partial charge is 0.338 e. The summed E-state index contributed by atoms with van der Waals surface area (Å²) in [6.45, 7) is 3.94. The molecule has 0 heterocycles. The zero-order chi connectivity index (χ0) is 14.7. The number of rotatable bonds is 3. The van der Waals surface area contributed by atoms with Crippen LogP contribution in [0.4, 0.5) is 0 Å². The SMILES string of the molecule is C=C1CC[C@H](OC(=O)c2ccc(C3=CCCC=C3)cc2)C1. The van der Waals surface area contributed by atoms with Crippen molar-refractivity contribution in [3.63, 3.8) is 0 Å². The molecule has 2 nitrogen and oxygen atoms in total. The highest BCUT2D eigenvalue weighted by molar-refractivity contribution is 5.90. The molecule has 1 atom stereocenters. The average molecular weight is 280 g/mol. The largest absolute Gasteiger partial charge is 0.458 e. The van der Waals surface area contributed by atoms with E-state index in [-0.39, 0.29) is 12.1 Å². The molecular weight excluding hydrogens is 260 g/mol. The number of esters is 1. The van der Waals surface area contributed by atoms with Crippen molar-refractivity contribution in [3.8, 4) is 0 Å². The van der Waals surface area contributed by atoms with Gasteiger partial charge in [-0.2, -0.15) is 0 Å². The lowest BCUT2D eigenvalue weighted by molar-refractivity contribution is 0.0324. The van der Waals surface area contributed by atoms with Crippen molar-refractivity contribution in [1.82, 2.24) is 0 Å². The molecule has 1 aromatic carbocycles. The molecule has 21 heavy (non-hydrogen) atoms. The number of ether oxygens (including phenoxy) is 1. The third kappa shape index (κ3) is 3.33. The molecule has 0 amide bonds. The Labute approximate surface area is 125 Å². The molecule has 1 saturated carbocycles. The maximum atomic E-state index is 12.1. The van der Waals surface area contributed by atoms with Crippen molar-refractivity contribution in [3.05, 3.63) is 65.8 Å². The van der Waals surface area contributed by atoms with Crippen LogP contribution in [0.1, 0.15) is 48.0 Å². The van der Waals surface area contributed by atoms with Crippen molar-refractivity contribution in [2.45, 2.75) is 38.2 Å². The Balaban J connectivity index is 1.66.